The number of carbonyl (C=O) groups is 2. The molecule has 2 saturated heterocycles. The number of piperazine rings is 1. The van der Waals surface area contributed by atoms with E-state index in [-0.39, 0.29) is 35.1 Å². The van der Waals surface area contributed by atoms with E-state index in [1.54, 1.807) is 29.7 Å². The van der Waals surface area contributed by atoms with E-state index in [4.69, 9.17) is 27.0 Å². The Labute approximate surface area is 285 Å². The van der Waals surface area contributed by atoms with Gasteiger partial charge in [-0.05, 0) is 104 Å². The van der Waals surface area contributed by atoms with Crippen LogP contribution in [-0.2, 0) is 22.1 Å². The lowest BCUT2D eigenvalue weighted by atomic mass is 10.0. The maximum absolute atomic E-state index is 13.7. The van der Waals surface area contributed by atoms with E-state index >= 15 is 0 Å². The number of hydrogen-bond donors (Lipinski definition) is 0. The number of nitrogens with zero attached hydrogens (tertiary/aromatic N) is 6. The number of aryl methyl sites for hydroxylation is 1. The zero-order chi connectivity index (χ0) is 35.9. The number of pyridine rings is 1. The van der Waals surface area contributed by atoms with Crippen molar-refractivity contribution in [2.75, 3.05) is 29.4 Å². The minimum absolute atomic E-state index is 0.0116. The quantitative estimate of drug-likeness (QED) is 0.300. The van der Waals surface area contributed by atoms with Gasteiger partial charge >= 0.3 is 12.3 Å². The second-order valence-corrected chi connectivity index (χ2v) is 14.3. The van der Waals surface area contributed by atoms with Crippen LogP contribution in [0.15, 0.2) is 30.5 Å². The van der Waals surface area contributed by atoms with Crippen molar-refractivity contribution in [1.82, 2.24) is 14.8 Å². The highest BCUT2D eigenvalue weighted by molar-refractivity contribution is 7.81. The lowest BCUT2D eigenvalue weighted by Gasteiger charge is -2.45. The fourth-order valence-corrected chi connectivity index (χ4v) is 6.83. The van der Waals surface area contributed by atoms with E-state index in [9.17, 15) is 22.8 Å². The molecular formula is C34H43F3N6O4S. The first kappa shape index (κ1) is 36.9. The first-order valence-corrected chi connectivity index (χ1v) is 16.3. The van der Waals surface area contributed by atoms with Crippen molar-refractivity contribution in [3.05, 3.63) is 47.3 Å². The maximum Gasteiger partial charge on any atom is 0.419 e. The van der Waals surface area contributed by atoms with Crippen molar-refractivity contribution in [3.8, 4) is 11.8 Å². The molecule has 2 fully saturated rings. The number of ether oxygens (including phenoxy) is 2. The maximum atomic E-state index is 13.7. The van der Waals surface area contributed by atoms with Crippen LogP contribution in [0.5, 0.6) is 5.75 Å². The highest BCUT2D eigenvalue weighted by Crippen LogP contribution is 2.40. The summed E-state index contributed by atoms with van der Waals surface area (Å²) in [5.74, 6) is 0.133. The number of anilines is 2. The van der Waals surface area contributed by atoms with E-state index < -0.39 is 34.5 Å². The molecule has 0 saturated carbocycles. The van der Waals surface area contributed by atoms with Crippen LogP contribution in [0.1, 0.15) is 79.1 Å². The Morgan fingerprint density at radius 3 is 2.31 bits per heavy atom. The Kier molecular flexibility index (Phi) is 10.4. The summed E-state index contributed by atoms with van der Waals surface area (Å²) in [6.07, 6.45) is -3.70. The van der Waals surface area contributed by atoms with Crippen molar-refractivity contribution < 1.29 is 32.2 Å². The van der Waals surface area contributed by atoms with Gasteiger partial charge in [-0.25, -0.2) is 9.78 Å². The van der Waals surface area contributed by atoms with Crippen molar-refractivity contribution in [3.63, 3.8) is 0 Å². The first-order valence-electron chi connectivity index (χ1n) is 15.9. The van der Waals surface area contributed by atoms with Gasteiger partial charge in [0.25, 0.3) is 5.91 Å². The Balaban J connectivity index is 1.51. The molecule has 0 spiro atoms. The van der Waals surface area contributed by atoms with Crippen molar-refractivity contribution >= 4 is 40.7 Å². The molecule has 0 bridgehead atoms. The van der Waals surface area contributed by atoms with Gasteiger partial charge in [0.2, 0.25) is 0 Å². The molecular weight excluding hydrogens is 645 g/mol. The standard InChI is InChI=1S/C34H43F3N6O4S/c1-10-23-13-24(43-30(48)42(29(44)33(43,8)9)25-14-26(34(35,36)37)27(15-38)39-16-25)11-12-28(23)46-22(4)19-40-17-20(2)41(21(3)18-40)31(45)47-32(5,6)7/h11-14,16,20-22H,10,17-19H2,1-9H3/t20?,21?,22-/m1/s1. The molecule has 0 N–H and O–H groups in total. The van der Waals surface area contributed by atoms with Gasteiger partial charge in [0.1, 0.15) is 29.1 Å². The summed E-state index contributed by atoms with van der Waals surface area (Å²) in [6.45, 7) is 18.8. The second kappa shape index (κ2) is 13.5. The van der Waals surface area contributed by atoms with E-state index in [1.807, 2.05) is 60.6 Å². The number of aromatic nitrogens is 1. The topological polar surface area (TPSA) is 102 Å². The third-order valence-corrected chi connectivity index (χ3v) is 8.70. The average Bonchev–Trinajstić information content (AvgIpc) is 3.13. The number of rotatable bonds is 7. The number of amides is 2. The summed E-state index contributed by atoms with van der Waals surface area (Å²) >= 11 is 5.68. The lowest BCUT2D eigenvalue weighted by molar-refractivity contribution is -0.138. The summed E-state index contributed by atoms with van der Waals surface area (Å²) in [5, 5.41) is 9.14. The Morgan fingerprint density at radius 2 is 1.77 bits per heavy atom. The lowest BCUT2D eigenvalue weighted by Crippen LogP contribution is -2.60. The van der Waals surface area contributed by atoms with Crippen molar-refractivity contribution in [2.45, 2.75) is 104 Å². The number of nitriles is 1. The number of halogens is 3. The molecule has 3 heterocycles. The molecule has 2 aromatic rings. The van der Waals surface area contributed by atoms with E-state index in [2.05, 4.69) is 9.88 Å². The fourth-order valence-electron chi connectivity index (χ4n) is 6.31. The zero-order valence-corrected chi connectivity index (χ0v) is 29.6. The Bertz CT molecular complexity index is 1610. The number of benzene rings is 1. The van der Waals surface area contributed by atoms with Crippen LogP contribution in [0.2, 0.25) is 0 Å². The summed E-state index contributed by atoms with van der Waals surface area (Å²) < 4.78 is 53.1. The van der Waals surface area contributed by atoms with Gasteiger partial charge in [0, 0.05) is 37.4 Å². The van der Waals surface area contributed by atoms with Crippen LogP contribution in [0.25, 0.3) is 0 Å². The third-order valence-electron chi connectivity index (χ3n) is 8.34. The average molecular weight is 689 g/mol. The van der Waals surface area contributed by atoms with Gasteiger partial charge in [-0.1, -0.05) is 6.92 Å². The van der Waals surface area contributed by atoms with Gasteiger partial charge in [0.15, 0.2) is 10.8 Å². The van der Waals surface area contributed by atoms with Gasteiger partial charge in [-0.2, -0.15) is 18.4 Å². The molecule has 0 radical (unpaired) electrons. The van der Waals surface area contributed by atoms with Gasteiger partial charge < -0.3 is 19.3 Å². The van der Waals surface area contributed by atoms with E-state index in [1.165, 1.54) is 6.07 Å². The molecule has 2 amide bonds. The second-order valence-electron chi connectivity index (χ2n) is 13.9. The van der Waals surface area contributed by atoms with E-state index in [0.717, 1.165) is 22.7 Å². The number of alkyl halides is 3. The SMILES string of the molecule is CCc1cc(N2C(=S)N(c3cnc(C#N)c(C(F)(F)F)c3)C(=O)C2(C)C)ccc1O[C@H](C)CN1CC(C)N(C(=O)OC(C)(C)C)C(C)C1. The molecule has 1 aromatic carbocycles. The predicted octanol–water partition coefficient (Wildman–Crippen LogP) is 6.55. The highest BCUT2D eigenvalue weighted by Gasteiger charge is 2.51. The highest BCUT2D eigenvalue weighted by atomic mass is 32.1. The molecule has 2 aliphatic heterocycles. The third kappa shape index (κ3) is 7.52. The summed E-state index contributed by atoms with van der Waals surface area (Å²) in [6, 6.07) is 7.54. The minimum Gasteiger partial charge on any atom is -0.489 e. The zero-order valence-electron chi connectivity index (χ0n) is 28.8. The smallest absolute Gasteiger partial charge is 0.419 e. The summed E-state index contributed by atoms with van der Waals surface area (Å²) in [7, 11) is 0. The van der Waals surface area contributed by atoms with Crippen LogP contribution < -0.4 is 14.5 Å². The molecule has 1 aromatic heterocycles. The van der Waals surface area contributed by atoms with Crippen molar-refractivity contribution in [1.29, 1.82) is 5.26 Å². The Morgan fingerprint density at radius 1 is 1.15 bits per heavy atom. The summed E-state index contributed by atoms with van der Waals surface area (Å²) in [5.41, 5.74) is -2.57. The molecule has 4 rings (SSSR count). The molecule has 0 aliphatic carbocycles. The number of thiocarbonyl (C=S) groups is 1. The molecule has 2 aliphatic rings. The fraction of sp³-hybridized carbons (Fsp3) is 0.559. The normalized spacial score (nSPS) is 20.9. The van der Waals surface area contributed by atoms with Crippen LogP contribution in [-0.4, -0.2) is 80.9 Å². The predicted molar refractivity (Wildman–Crippen MR) is 180 cm³/mol. The molecule has 48 heavy (non-hydrogen) atoms. The van der Waals surface area contributed by atoms with Crippen LogP contribution in [0, 0.1) is 11.3 Å². The van der Waals surface area contributed by atoms with Crippen LogP contribution in [0.3, 0.4) is 0 Å². The minimum atomic E-state index is -4.85. The molecule has 3 atom stereocenters. The van der Waals surface area contributed by atoms with Crippen LogP contribution >= 0.6 is 12.2 Å². The first-order chi connectivity index (χ1) is 22.2. The van der Waals surface area contributed by atoms with Gasteiger partial charge in [0.05, 0.1) is 17.4 Å². The van der Waals surface area contributed by atoms with Crippen LogP contribution in [0.4, 0.5) is 29.3 Å². The molecule has 260 valence electrons. The number of hydrogen-bond acceptors (Lipinski definition) is 8. The molecule has 10 nitrogen and oxygen atoms in total. The van der Waals surface area contributed by atoms with Gasteiger partial charge in [-0.15, -0.1) is 0 Å². The Hall–Kier alpha value is -3.96. The summed E-state index contributed by atoms with van der Waals surface area (Å²) in [4.78, 5) is 36.8. The molecule has 2 unspecified atom stereocenters. The van der Waals surface area contributed by atoms with E-state index in [0.29, 0.717) is 37.5 Å². The number of carbonyl (C=O) groups excluding carboxylic acids is 2. The van der Waals surface area contributed by atoms with Crippen molar-refractivity contribution in [2.24, 2.45) is 0 Å². The molecule has 14 heteroatoms. The van der Waals surface area contributed by atoms with Gasteiger partial charge in [-0.3, -0.25) is 14.6 Å². The monoisotopic (exact) mass is 688 g/mol. The largest absolute Gasteiger partial charge is 0.489 e.